The molecule has 0 fully saturated rings. The van der Waals surface area contributed by atoms with E-state index < -0.39 is 0 Å². The van der Waals surface area contributed by atoms with Crippen molar-refractivity contribution in [1.82, 2.24) is 19.9 Å². The van der Waals surface area contributed by atoms with Gasteiger partial charge in [0, 0.05) is 38.1 Å². The first-order valence-corrected chi connectivity index (χ1v) is 6.76. The zero-order chi connectivity index (χ0) is 13.8. The minimum Gasteiger partial charge on any atom is -0.338 e. The molecule has 0 saturated heterocycles. The van der Waals surface area contributed by atoms with Crippen molar-refractivity contribution in [3.8, 4) is 0 Å². The molecule has 0 aromatic carbocycles. The Hall–Kier alpha value is -2.37. The predicted molar refractivity (Wildman–Crippen MR) is 75.3 cm³/mol. The molecular formula is C14H17N5O. The van der Waals surface area contributed by atoms with E-state index >= 15 is 0 Å². The number of aryl methyl sites for hydroxylation is 1. The van der Waals surface area contributed by atoms with E-state index in [0.29, 0.717) is 18.2 Å². The third-order valence-corrected chi connectivity index (χ3v) is 3.52. The van der Waals surface area contributed by atoms with E-state index in [4.69, 9.17) is 0 Å². The molecule has 20 heavy (non-hydrogen) atoms. The lowest BCUT2D eigenvalue weighted by molar-refractivity contribution is 0.248. The van der Waals surface area contributed by atoms with Crippen LogP contribution in [0.1, 0.15) is 12.2 Å². The molecule has 0 spiro atoms. The second-order valence-corrected chi connectivity index (χ2v) is 4.97. The van der Waals surface area contributed by atoms with Crippen LogP contribution >= 0.6 is 0 Å². The Morgan fingerprint density at radius 3 is 3.25 bits per heavy atom. The highest BCUT2D eigenvalue weighted by molar-refractivity contribution is 5.88. The van der Waals surface area contributed by atoms with Crippen LogP contribution in [-0.4, -0.2) is 27.1 Å². The van der Waals surface area contributed by atoms with Gasteiger partial charge in [-0.1, -0.05) is 0 Å². The Balaban J connectivity index is 1.47. The minimum absolute atomic E-state index is 0.188. The van der Waals surface area contributed by atoms with Crippen molar-refractivity contribution < 1.29 is 4.79 Å². The van der Waals surface area contributed by atoms with Crippen LogP contribution in [0.2, 0.25) is 0 Å². The van der Waals surface area contributed by atoms with E-state index in [-0.39, 0.29) is 6.03 Å². The Morgan fingerprint density at radius 1 is 1.45 bits per heavy atom. The van der Waals surface area contributed by atoms with Gasteiger partial charge in [-0.15, -0.1) is 0 Å². The summed E-state index contributed by atoms with van der Waals surface area (Å²) in [4.78, 5) is 20.1. The van der Waals surface area contributed by atoms with Crippen LogP contribution in [0.5, 0.6) is 0 Å². The second-order valence-electron chi connectivity index (χ2n) is 4.97. The molecule has 2 aromatic heterocycles. The zero-order valence-corrected chi connectivity index (χ0v) is 11.1. The summed E-state index contributed by atoms with van der Waals surface area (Å²) in [6.45, 7) is 1.64. The van der Waals surface area contributed by atoms with Crippen molar-refractivity contribution in [3.63, 3.8) is 0 Å². The summed E-state index contributed by atoms with van der Waals surface area (Å²) in [7, 11) is 0. The number of fused-ring (bicyclic) bond motifs is 1. The number of anilines is 1. The average molecular weight is 271 g/mol. The number of hydrogen-bond acceptors (Lipinski definition) is 3. The number of amides is 2. The van der Waals surface area contributed by atoms with Gasteiger partial charge in [0.1, 0.15) is 5.82 Å². The number of imidazole rings is 1. The summed E-state index contributed by atoms with van der Waals surface area (Å²) in [5.41, 5.74) is 0.698. The first kappa shape index (κ1) is 12.7. The van der Waals surface area contributed by atoms with Crippen molar-refractivity contribution in [2.24, 2.45) is 5.92 Å². The topological polar surface area (TPSA) is 71.8 Å². The molecule has 6 heteroatoms. The van der Waals surface area contributed by atoms with E-state index in [9.17, 15) is 4.79 Å². The first-order chi connectivity index (χ1) is 9.81. The fourth-order valence-electron chi connectivity index (χ4n) is 2.44. The van der Waals surface area contributed by atoms with Crippen LogP contribution in [0.3, 0.4) is 0 Å². The smallest absolute Gasteiger partial charge is 0.319 e. The van der Waals surface area contributed by atoms with Gasteiger partial charge in [-0.3, -0.25) is 4.98 Å². The van der Waals surface area contributed by atoms with Crippen LogP contribution in [0, 0.1) is 5.92 Å². The van der Waals surface area contributed by atoms with E-state index in [1.807, 2.05) is 18.5 Å². The zero-order valence-electron chi connectivity index (χ0n) is 11.1. The summed E-state index contributed by atoms with van der Waals surface area (Å²) in [6.07, 6.45) is 9.12. The van der Waals surface area contributed by atoms with Crippen molar-refractivity contribution in [2.75, 3.05) is 11.9 Å². The molecule has 1 aliphatic rings. The van der Waals surface area contributed by atoms with Gasteiger partial charge in [-0.25, -0.2) is 9.78 Å². The summed E-state index contributed by atoms with van der Waals surface area (Å²) in [5, 5.41) is 5.67. The summed E-state index contributed by atoms with van der Waals surface area (Å²) >= 11 is 0. The predicted octanol–water partition coefficient (Wildman–Crippen LogP) is 1.66. The molecule has 2 amide bonds. The van der Waals surface area contributed by atoms with Crippen LogP contribution in [-0.2, 0) is 13.0 Å². The quantitative estimate of drug-likeness (QED) is 0.891. The fraction of sp³-hybridized carbons (Fsp3) is 0.357. The molecule has 0 unspecified atom stereocenters. The molecule has 3 rings (SSSR count). The van der Waals surface area contributed by atoms with Gasteiger partial charge in [-0.2, -0.15) is 0 Å². The number of pyridine rings is 1. The standard InChI is InChI=1S/C14H17N5O/c20-14(18-12-2-1-4-15-10-12)17-9-11-3-6-19-7-5-16-13(19)8-11/h1-2,4-5,7,10-11H,3,6,8-9H2,(H2,17,18,20)/t11-/m1/s1. The highest BCUT2D eigenvalue weighted by atomic mass is 16.2. The average Bonchev–Trinajstić information content (AvgIpc) is 2.93. The first-order valence-electron chi connectivity index (χ1n) is 6.76. The molecule has 2 aromatic rings. The van der Waals surface area contributed by atoms with Crippen molar-refractivity contribution >= 4 is 11.7 Å². The second kappa shape index (κ2) is 5.73. The molecule has 1 atom stereocenters. The lowest BCUT2D eigenvalue weighted by atomic mass is 9.98. The van der Waals surface area contributed by atoms with E-state index in [0.717, 1.165) is 25.2 Å². The molecule has 0 saturated carbocycles. The maximum Gasteiger partial charge on any atom is 0.319 e. The molecule has 1 aliphatic heterocycles. The molecule has 104 valence electrons. The Labute approximate surface area is 117 Å². The molecule has 3 heterocycles. The maximum atomic E-state index is 11.8. The van der Waals surface area contributed by atoms with Gasteiger partial charge >= 0.3 is 6.03 Å². The number of nitrogens with zero attached hydrogens (tertiary/aromatic N) is 3. The van der Waals surface area contributed by atoms with Gasteiger partial charge in [0.15, 0.2) is 0 Å². The number of aromatic nitrogens is 3. The Morgan fingerprint density at radius 2 is 2.40 bits per heavy atom. The minimum atomic E-state index is -0.188. The third kappa shape index (κ3) is 2.96. The lowest BCUT2D eigenvalue weighted by Gasteiger charge is -2.23. The largest absolute Gasteiger partial charge is 0.338 e. The molecule has 0 aliphatic carbocycles. The highest BCUT2D eigenvalue weighted by Crippen LogP contribution is 2.18. The van der Waals surface area contributed by atoms with E-state index in [1.165, 1.54) is 0 Å². The van der Waals surface area contributed by atoms with Crippen LogP contribution in [0.4, 0.5) is 10.5 Å². The van der Waals surface area contributed by atoms with Crippen molar-refractivity contribution in [1.29, 1.82) is 0 Å². The molecule has 2 N–H and O–H groups in total. The van der Waals surface area contributed by atoms with E-state index in [2.05, 4.69) is 25.2 Å². The van der Waals surface area contributed by atoms with Crippen LogP contribution in [0.25, 0.3) is 0 Å². The third-order valence-electron chi connectivity index (χ3n) is 3.52. The van der Waals surface area contributed by atoms with Crippen molar-refractivity contribution in [3.05, 3.63) is 42.7 Å². The number of rotatable bonds is 3. The molecule has 0 bridgehead atoms. The maximum absolute atomic E-state index is 11.8. The SMILES string of the molecule is O=C(NC[C@@H]1CCn2ccnc2C1)Nc1cccnc1. The Bertz CT molecular complexity index is 580. The van der Waals surface area contributed by atoms with Gasteiger partial charge in [0.25, 0.3) is 0 Å². The van der Waals surface area contributed by atoms with Gasteiger partial charge in [0.05, 0.1) is 11.9 Å². The number of hydrogen-bond donors (Lipinski definition) is 2. The summed E-state index contributed by atoms with van der Waals surface area (Å²) in [6, 6.07) is 3.41. The van der Waals surface area contributed by atoms with Crippen LogP contribution in [0.15, 0.2) is 36.9 Å². The molecule has 6 nitrogen and oxygen atoms in total. The van der Waals surface area contributed by atoms with Crippen LogP contribution < -0.4 is 10.6 Å². The lowest BCUT2D eigenvalue weighted by Crippen LogP contribution is -2.35. The van der Waals surface area contributed by atoms with Gasteiger partial charge < -0.3 is 15.2 Å². The van der Waals surface area contributed by atoms with Crippen molar-refractivity contribution in [2.45, 2.75) is 19.4 Å². The van der Waals surface area contributed by atoms with Gasteiger partial charge in [-0.05, 0) is 24.5 Å². The monoisotopic (exact) mass is 271 g/mol. The summed E-state index contributed by atoms with van der Waals surface area (Å²) < 4.78 is 2.17. The number of urea groups is 1. The number of nitrogens with one attached hydrogen (secondary N) is 2. The number of carbonyl (C=O) groups is 1. The fourth-order valence-corrected chi connectivity index (χ4v) is 2.44. The van der Waals surface area contributed by atoms with Gasteiger partial charge in [0.2, 0.25) is 0 Å². The molecular weight excluding hydrogens is 254 g/mol. The Kier molecular flexibility index (Phi) is 3.62. The van der Waals surface area contributed by atoms with E-state index in [1.54, 1.807) is 18.5 Å². The summed E-state index contributed by atoms with van der Waals surface area (Å²) in [5.74, 6) is 1.56. The highest BCUT2D eigenvalue weighted by Gasteiger charge is 2.19. The molecule has 0 radical (unpaired) electrons. The number of carbonyl (C=O) groups excluding carboxylic acids is 1. The normalized spacial score (nSPS) is 17.3.